The fourth-order valence-electron chi connectivity index (χ4n) is 3.15. The Morgan fingerprint density at radius 2 is 2.35 bits per heavy atom. The number of H-pyrrole nitrogens is 1. The first-order chi connectivity index (χ1) is 11.2. The van der Waals surface area contributed by atoms with Crippen LogP contribution < -0.4 is 10.5 Å². The largest absolute Gasteiger partial charge is 0.497 e. The second kappa shape index (κ2) is 6.83. The molecule has 122 valence electrons. The zero-order chi connectivity index (χ0) is 16.2. The van der Waals surface area contributed by atoms with Gasteiger partial charge in [0.1, 0.15) is 11.4 Å². The quantitative estimate of drug-likeness (QED) is 0.883. The van der Waals surface area contributed by atoms with Crippen molar-refractivity contribution in [1.29, 1.82) is 0 Å². The van der Waals surface area contributed by atoms with E-state index in [0.29, 0.717) is 11.6 Å². The lowest BCUT2D eigenvalue weighted by molar-refractivity contribution is 0.0995. The van der Waals surface area contributed by atoms with Crippen molar-refractivity contribution in [3.8, 4) is 5.75 Å². The average Bonchev–Trinajstić information content (AvgIpc) is 3.06. The molecule has 0 saturated carbocycles. The number of piperidine rings is 1. The van der Waals surface area contributed by atoms with Gasteiger partial charge in [-0.05, 0) is 43.1 Å². The predicted molar refractivity (Wildman–Crippen MR) is 87.4 cm³/mol. The number of nitrogens with zero attached hydrogens (tertiary/aromatic N) is 2. The summed E-state index contributed by atoms with van der Waals surface area (Å²) >= 11 is 0. The van der Waals surface area contributed by atoms with Crippen LogP contribution in [0.4, 0.5) is 0 Å². The molecule has 1 amide bonds. The minimum Gasteiger partial charge on any atom is -0.497 e. The average molecular weight is 314 g/mol. The van der Waals surface area contributed by atoms with Gasteiger partial charge in [-0.2, -0.15) is 5.10 Å². The van der Waals surface area contributed by atoms with Crippen molar-refractivity contribution in [2.45, 2.75) is 25.3 Å². The van der Waals surface area contributed by atoms with Crippen LogP contribution in [0.1, 0.15) is 40.5 Å². The highest BCUT2D eigenvalue weighted by Crippen LogP contribution is 2.27. The zero-order valence-electron chi connectivity index (χ0n) is 13.3. The van der Waals surface area contributed by atoms with E-state index in [4.69, 9.17) is 10.5 Å². The minimum absolute atomic E-state index is 0.310. The molecule has 3 rings (SSSR count). The number of aromatic amines is 1. The number of primary amides is 1. The van der Waals surface area contributed by atoms with Crippen molar-refractivity contribution in [3.05, 3.63) is 47.3 Å². The Kier molecular flexibility index (Phi) is 4.62. The Hall–Kier alpha value is -2.34. The summed E-state index contributed by atoms with van der Waals surface area (Å²) in [5.41, 5.74) is 7.82. The van der Waals surface area contributed by atoms with Crippen LogP contribution in [0, 0.1) is 0 Å². The van der Waals surface area contributed by atoms with Crippen molar-refractivity contribution in [2.75, 3.05) is 20.2 Å². The van der Waals surface area contributed by atoms with Gasteiger partial charge in [0.15, 0.2) is 0 Å². The molecule has 2 aromatic rings. The number of carbonyl (C=O) groups excluding carboxylic acids is 1. The monoisotopic (exact) mass is 314 g/mol. The van der Waals surface area contributed by atoms with Crippen molar-refractivity contribution in [2.24, 2.45) is 5.73 Å². The Labute approximate surface area is 135 Å². The van der Waals surface area contributed by atoms with Gasteiger partial charge < -0.3 is 10.5 Å². The molecule has 0 spiro atoms. The predicted octanol–water partition coefficient (Wildman–Crippen LogP) is 1.90. The molecule has 6 nitrogen and oxygen atoms in total. The maximum atomic E-state index is 11.2. The maximum Gasteiger partial charge on any atom is 0.269 e. The molecule has 6 heteroatoms. The molecule has 0 unspecified atom stereocenters. The number of methoxy groups -OCH3 is 1. The van der Waals surface area contributed by atoms with Crippen LogP contribution in [0.3, 0.4) is 0 Å². The van der Waals surface area contributed by atoms with E-state index in [-0.39, 0.29) is 0 Å². The van der Waals surface area contributed by atoms with Gasteiger partial charge in [0.05, 0.1) is 7.11 Å². The van der Waals surface area contributed by atoms with Crippen molar-refractivity contribution < 1.29 is 9.53 Å². The number of aromatic nitrogens is 2. The van der Waals surface area contributed by atoms with Crippen LogP contribution in [0.25, 0.3) is 0 Å². The molecule has 1 aromatic carbocycles. The number of nitrogens with one attached hydrogen (secondary N) is 1. The highest BCUT2D eigenvalue weighted by atomic mass is 16.5. The molecule has 1 aromatic heterocycles. The number of ether oxygens (including phenoxy) is 1. The number of rotatable bonds is 5. The third-order valence-corrected chi connectivity index (χ3v) is 4.34. The summed E-state index contributed by atoms with van der Waals surface area (Å²) in [7, 11) is 1.69. The first kappa shape index (κ1) is 15.6. The second-order valence-electron chi connectivity index (χ2n) is 6.00. The van der Waals surface area contributed by atoms with Crippen LogP contribution >= 0.6 is 0 Å². The lowest BCUT2D eigenvalue weighted by Gasteiger charge is -2.32. The Balaban J connectivity index is 1.66. The fourth-order valence-corrected chi connectivity index (χ4v) is 3.15. The van der Waals surface area contributed by atoms with Gasteiger partial charge in [-0.3, -0.25) is 14.8 Å². The highest BCUT2D eigenvalue weighted by molar-refractivity contribution is 5.90. The van der Waals surface area contributed by atoms with E-state index in [1.165, 1.54) is 5.56 Å². The molecule has 0 aliphatic carbocycles. The van der Waals surface area contributed by atoms with Crippen LogP contribution in [0.5, 0.6) is 5.75 Å². The van der Waals surface area contributed by atoms with E-state index in [0.717, 1.165) is 43.9 Å². The van der Waals surface area contributed by atoms with E-state index in [9.17, 15) is 4.79 Å². The summed E-state index contributed by atoms with van der Waals surface area (Å²) in [5.74, 6) is 0.752. The van der Waals surface area contributed by atoms with Gasteiger partial charge in [-0.1, -0.05) is 12.1 Å². The molecule has 3 N–H and O–H groups in total. The molecule has 1 fully saturated rings. The molecular weight excluding hydrogens is 292 g/mol. The second-order valence-corrected chi connectivity index (χ2v) is 6.00. The van der Waals surface area contributed by atoms with Crippen LogP contribution in [0.2, 0.25) is 0 Å². The lowest BCUT2D eigenvalue weighted by Crippen LogP contribution is -2.34. The first-order valence-corrected chi connectivity index (χ1v) is 7.86. The Morgan fingerprint density at radius 3 is 3.09 bits per heavy atom. The van der Waals surface area contributed by atoms with Gasteiger partial charge >= 0.3 is 0 Å². The molecule has 23 heavy (non-hydrogen) atoms. The molecule has 1 atom stereocenters. The minimum atomic E-state index is -0.489. The number of amides is 1. The van der Waals surface area contributed by atoms with Gasteiger partial charge in [0, 0.05) is 24.7 Å². The van der Waals surface area contributed by atoms with E-state index < -0.39 is 5.91 Å². The number of benzene rings is 1. The van der Waals surface area contributed by atoms with E-state index in [2.05, 4.69) is 27.2 Å². The fraction of sp³-hybridized carbons (Fsp3) is 0.412. The van der Waals surface area contributed by atoms with Crippen LogP contribution in [-0.4, -0.2) is 41.2 Å². The summed E-state index contributed by atoms with van der Waals surface area (Å²) in [5, 5.41) is 6.95. The normalized spacial score (nSPS) is 18.7. The number of likely N-dealkylation sites (tertiary alicyclic amines) is 1. The third-order valence-electron chi connectivity index (χ3n) is 4.34. The molecule has 1 saturated heterocycles. The third kappa shape index (κ3) is 3.71. The number of carbonyl (C=O) groups is 1. The van der Waals surface area contributed by atoms with Crippen molar-refractivity contribution in [1.82, 2.24) is 15.1 Å². The molecule has 0 radical (unpaired) electrons. The molecule has 0 bridgehead atoms. The highest BCUT2D eigenvalue weighted by Gasteiger charge is 2.23. The lowest BCUT2D eigenvalue weighted by atomic mass is 9.94. The van der Waals surface area contributed by atoms with Gasteiger partial charge in [0.25, 0.3) is 5.91 Å². The summed E-state index contributed by atoms with van der Waals surface area (Å²) in [6.07, 6.45) is 2.22. The summed E-state index contributed by atoms with van der Waals surface area (Å²) < 4.78 is 5.28. The van der Waals surface area contributed by atoms with E-state index in [1.807, 2.05) is 12.1 Å². The number of hydrogen-bond acceptors (Lipinski definition) is 4. The topological polar surface area (TPSA) is 84.2 Å². The van der Waals surface area contributed by atoms with Crippen LogP contribution in [0.15, 0.2) is 30.3 Å². The van der Waals surface area contributed by atoms with Gasteiger partial charge in [0.2, 0.25) is 0 Å². The molecule has 1 aliphatic rings. The van der Waals surface area contributed by atoms with Crippen molar-refractivity contribution in [3.63, 3.8) is 0 Å². The summed E-state index contributed by atoms with van der Waals surface area (Å²) in [4.78, 5) is 13.6. The number of nitrogens with two attached hydrogens (primary N) is 1. The number of hydrogen-bond donors (Lipinski definition) is 2. The standard InChI is InChI=1S/C17H22N4O2/c1-23-14-6-2-4-12(8-14)10-21-7-3-5-13(11-21)15-9-16(17(18)22)20-19-15/h2,4,6,8-9,13H,3,5,7,10-11H2,1H3,(H2,18,22)(H,19,20)/t13-/m1/s1. The Morgan fingerprint density at radius 1 is 1.48 bits per heavy atom. The van der Waals surface area contributed by atoms with Crippen molar-refractivity contribution >= 4 is 5.91 Å². The maximum absolute atomic E-state index is 11.2. The van der Waals surface area contributed by atoms with Gasteiger partial charge in [-0.25, -0.2) is 0 Å². The Bertz CT molecular complexity index is 683. The molecular formula is C17H22N4O2. The first-order valence-electron chi connectivity index (χ1n) is 7.86. The molecule has 1 aliphatic heterocycles. The zero-order valence-corrected chi connectivity index (χ0v) is 13.3. The smallest absolute Gasteiger partial charge is 0.269 e. The van der Waals surface area contributed by atoms with Gasteiger partial charge in [-0.15, -0.1) is 0 Å². The van der Waals surface area contributed by atoms with E-state index in [1.54, 1.807) is 13.2 Å². The summed E-state index contributed by atoms with van der Waals surface area (Å²) in [6.45, 7) is 2.91. The van der Waals surface area contributed by atoms with E-state index >= 15 is 0 Å². The summed E-state index contributed by atoms with van der Waals surface area (Å²) in [6, 6.07) is 9.95. The molecule has 2 heterocycles. The SMILES string of the molecule is COc1cccc(CN2CCC[C@@H](c3cc(C(N)=O)n[nH]3)C2)c1. The van der Waals surface area contributed by atoms with Crippen LogP contribution in [-0.2, 0) is 6.54 Å².